The van der Waals surface area contributed by atoms with E-state index in [4.69, 9.17) is 8.94 Å². The van der Waals surface area contributed by atoms with E-state index in [1.807, 2.05) is 30.3 Å². The molecule has 7 heteroatoms. The average Bonchev–Trinajstić information content (AvgIpc) is 3.26. The smallest absolute Gasteiger partial charge is 0.260 e. The molecule has 0 aliphatic heterocycles. The van der Waals surface area contributed by atoms with Gasteiger partial charge in [-0.2, -0.15) is 0 Å². The SMILES string of the molecule is O=C(NCc1cc(-c2cc3ccccc3o2)on1)c1ccc[nH]c1=O. The summed E-state index contributed by atoms with van der Waals surface area (Å²) in [5.41, 5.74) is 0.884. The lowest BCUT2D eigenvalue weighted by Crippen LogP contribution is -2.28. The Labute approximate surface area is 141 Å². The van der Waals surface area contributed by atoms with Crippen molar-refractivity contribution in [2.75, 3.05) is 0 Å². The summed E-state index contributed by atoms with van der Waals surface area (Å²) < 4.78 is 11.0. The van der Waals surface area contributed by atoms with Gasteiger partial charge in [-0.15, -0.1) is 0 Å². The van der Waals surface area contributed by atoms with Gasteiger partial charge in [0.1, 0.15) is 16.8 Å². The van der Waals surface area contributed by atoms with Gasteiger partial charge in [0, 0.05) is 17.6 Å². The number of benzene rings is 1. The topological polar surface area (TPSA) is 101 Å². The number of furan rings is 1. The second-order valence-corrected chi connectivity index (χ2v) is 5.43. The van der Waals surface area contributed by atoms with Crippen molar-refractivity contribution in [2.24, 2.45) is 0 Å². The van der Waals surface area contributed by atoms with Gasteiger partial charge < -0.3 is 19.2 Å². The van der Waals surface area contributed by atoms with Gasteiger partial charge >= 0.3 is 0 Å². The third kappa shape index (κ3) is 2.94. The Morgan fingerprint density at radius 2 is 2.00 bits per heavy atom. The molecule has 3 aromatic heterocycles. The van der Waals surface area contributed by atoms with E-state index < -0.39 is 11.5 Å². The molecule has 0 aliphatic rings. The lowest BCUT2D eigenvalue weighted by Gasteiger charge is -2.01. The van der Waals surface area contributed by atoms with Crippen molar-refractivity contribution >= 4 is 16.9 Å². The van der Waals surface area contributed by atoms with Crippen LogP contribution in [-0.4, -0.2) is 16.0 Å². The van der Waals surface area contributed by atoms with Crippen LogP contribution in [0.4, 0.5) is 0 Å². The molecule has 0 aliphatic carbocycles. The van der Waals surface area contributed by atoms with Crippen LogP contribution < -0.4 is 10.9 Å². The van der Waals surface area contributed by atoms with Crippen LogP contribution in [0.3, 0.4) is 0 Å². The van der Waals surface area contributed by atoms with E-state index in [0.29, 0.717) is 17.2 Å². The number of rotatable bonds is 4. The zero-order valence-electron chi connectivity index (χ0n) is 13.0. The van der Waals surface area contributed by atoms with Gasteiger partial charge in [-0.05, 0) is 24.3 Å². The van der Waals surface area contributed by atoms with Crippen molar-refractivity contribution in [3.05, 3.63) is 76.3 Å². The van der Waals surface area contributed by atoms with E-state index in [1.54, 1.807) is 12.1 Å². The van der Waals surface area contributed by atoms with Crippen molar-refractivity contribution < 1.29 is 13.7 Å². The molecule has 0 unspecified atom stereocenters. The van der Waals surface area contributed by atoms with Crippen molar-refractivity contribution in [1.82, 2.24) is 15.5 Å². The number of amides is 1. The zero-order chi connectivity index (χ0) is 17.2. The van der Waals surface area contributed by atoms with Crippen LogP contribution in [0.15, 0.2) is 68.5 Å². The van der Waals surface area contributed by atoms with Gasteiger partial charge in [-0.3, -0.25) is 9.59 Å². The molecule has 0 spiro atoms. The summed E-state index contributed by atoms with van der Waals surface area (Å²) in [5.74, 6) is 0.555. The van der Waals surface area contributed by atoms with E-state index in [0.717, 1.165) is 11.0 Å². The van der Waals surface area contributed by atoms with Crippen LogP contribution in [0, 0.1) is 0 Å². The molecule has 3 heterocycles. The number of carbonyl (C=O) groups is 1. The summed E-state index contributed by atoms with van der Waals surface area (Å²) in [6.07, 6.45) is 1.47. The first kappa shape index (κ1) is 14.9. The zero-order valence-corrected chi connectivity index (χ0v) is 13.0. The van der Waals surface area contributed by atoms with Crippen LogP contribution >= 0.6 is 0 Å². The van der Waals surface area contributed by atoms with E-state index >= 15 is 0 Å². The molecule has 124 valence electrons. The molecule has 25 heavy (non-hydrogen) atoms. The third-order valence-corrected chi connectivity index (χ3v) is 3.72. The van der Waals surface area contributed by atoms with E-state index in [-0.39, 0.29) is 12.1 Å². The molecule has 0 atom stereocenters. The average molecular weight is 335 g/mol. The number of hydrogen-bond donors (Lipinski definition) is 2. The standard InChI is InChI=1S/C18H13N3O4/c22-17-13(5-3-7-19-17)18(23)20-10-12-9-16(25-21-12)15-8-11-4-1-2-6-14(11)24-15/h1-9H,10H2,(H,19,22)(H,20,23). The van der Waals surface area contributed by atoms with Crippen LogP contribution in [0.2, 0.25) is 0 Å². The number of carbonyl (C=O) groups excluding carboxylic acids is 1. The Morgan fingerprint density at radius 1 is 1.12 bits per heavy atom. The van der Waals surface area contributed by atoms with E-state index in [2.05, 4.69) is 15.5 Å². The molecule has 4 aromatic rings. The molecule has 7 nitrogen and oxygen atoms in total. The van der Waals surface area contributed by atoms with Gasteiger partial charge in [0.25, 0.3) is 11.5 Å². The van der Waals surface area contributed by atoms with Crippen molar-refractivity contribution in [3.63, 3.8) is 0 Å². The molecule has 0 saturated heterocycles. The highest BCUT2D eigenvalue weighted by atomic mass is 16.5. The lowest BCUT2D eigenvalue weighted by molar-refractivity contribution is 0.0948. The van der Waals surface area contributed by atoms with Gasteiger partial charge in [-0.25, -0.2) is 0 Å². The lowest BCUT2D eigenvalue weighted by atomic mass is 10.2. The molecule has 0 saturated carbocycles. The predicted octanol–water partition coefficient (Wildman–Crippen LogP) is 2.71. The Hall–Kier alpha value is -3.61. The number of hydrogen-bond acceptors (Lipinski definition) is 5. The largest absolute Gasteiger partial charge is 0.453 e. The number of aromatic amines is 1. The summed E-state index contributed by atoms with van der Waals surface area (Å²) in [6, 6.07) is 14.2. The fourth-order valence-electron chi connectivity index (χ4n) is 2.48. The van der Waals surface area contributed by atoms with Gasteiger partial charge in [0.05, 0.1) is 6.54 Å². The summed E-state index contributed by atoms with van der Waals surface area (Å²) in [4.78, 5) is 26.1. The van der Waals surface area contributed by atoms with Gasteiger partial charge in [-0.1, -0.05) is 23.4 Å². The summed E-state index contributed by atoms with van der Waals surface area (Å²) >= 11 is 0. The normalized spacial score (nSPS) is 10.9. The highest BCUT2D eigenvalue weighted by Crippen LogP contribution is 2.28. The third-order valence-electron chi connectivity index (χ3n) is 3.72. The maximum atomic E-state index is 12.0. The first-order valence-corrected chi connectivity index (χ1v) is 7.61. The van der Waals surface area contributed by atoms with Crippen molar-refractivity contribution in [2.45, 2.75) is 6.54 Å². The van der Waals surface area contributed by atoms with Crippen LogP contribution in [0.5, 0.6) is 0 Å². The molecule has 1 aromatic carbocycles. The Balaban J connectivity index is 1.49. The number of aromatic nitrogens is 2. The van der Waals surface area contributed by atoms with Crippen molar-refractivity contribution in [3.8, 4) is 11.5 Å². The Bertz CT molecular complexity index is 1070. The summed E-state index contributed by atoms with van der Waals surface area (Å²) in [7, 11) is 0. The highest BCUT2D eigenvalue weighted by Gasteiger charge is 2.14. The number of nitrogens with zero attached hydrogens (tertiary/aromatic N) is 1. The molecular formula is C18H13N3O4. The maximum absolute atomic E-state index is 12.0. The minimum absolute atomic E-state index is 0.0449. The Morgan fingerprint density at radius 3 is 2.84 bits per heavy atom. The molecule has 0 radical (unpaired) electrons. The number of H-pyrrole nitrogens is 1. The monoisotopic (exact) mass is 335 g/mol. The first-order valence-electron chi connectivity index (χ1n) is 7.61. The predicted molar refractivity (Wildman–Crippen MR) is 89.9 cm³/mol. The number of para-hydroxylation sites is 1. The fraction of sp³-hybridized carbons (Fsp3) is 0.0556. The minimum Gasteiger partial charge on any atom is -0.453 e. The number of nitrogens with one attached hydrogen (secondary N) is 2. The maximum Gasteiger partial charge on any atom is 0.260 e. The van der Waals surface area contributed by atoms with Crippen LogP contribution in [0.1, 0.15) is 16.1 Å². The van der Waals surface area contributed by atoms with Crippen LogP contribution in [0.25, 0.3) is 22.5 Å². The second kappa shape index (κ2) is 6.12. The number of pyridine rings is 1. The first-order chi connectivity index (χ1) is 12.2. The molecule has 0 fully saturated rings. The minimum atomic E-state index is -0.477. The quantitative estimate of drug-likeness (QED) is 0.597. The highest BCUT2D eigenvalue weighted by molar-refractivity contribution is 5.93. The molecular weight excluding hydrogens is 322 g/mol. The molecule has 4 rings (SSSR count). The van der Waals surface area contributed by atoms with Crippen molar-refractivity contribution in [1.29, 1.82) is 0 Å². The molecule has 2 N–H and O–H groups in total. The molecule has 1 amide bonds. The molecule has 0 bridgehead atoms. The van der Waals surface area contributed by atoms with Crippen LogP contribution in [-0.2, 0) is 6.54 Å². The summed E-state index contributed by atoms with van der Waals surface area (Å²) in [6.45, 7) is 0.136. The fourth-order valence-corrected chi connectivity index (χ4v) is 2.48. The van der Waals surface area contributed by atoms with Gasteiger partial charge in [0.2, 0.25) is 5.76 Å². The Kier molecular flexibility index (Phi) is 3.66. The van der Waals surface area contributed by atoms with Gasteiger partial charge in [0.15, 0.2) is 5.76 Å². The van der Waals surface area contributed by atoms with E-state index in [9.17, 15) is 9.59 Å². The second-order valence-electron chi connectivity index (χ2n) is 5.43. The van der Waals surface area contributed by atoms with E-state index in [1.165, 1.54) is 12.3 Å². The summed E-state index contributed by atoms with van der Waals surface area (Å²) in [5, 5.41) is 7.52. The number of fused-ring (bicyclic) bond motifs is 1.